The van der Waals surface area contributed by atoms with E-state index >= 15 is 0 Å². The first-order valence-corrected chi connectivity index (χ1v) is 6.10. The zero-order valence-electron chi connectivity index (χ0n) is 10.4. The van der Waals surface area contributed by atoms with Gasteiger partial charge in [0.25, 0.3) is 0 Å². The molecule has 0 N–H and O–H groups in total. The van der Waals surface area contributed by atoms with E-state index in [4.69, 9.17) is 4.74 Å². The molecular weight excluding hydrogens is 218 g/mol. The Labute approximate surface area is 102 Å². The number of carbonyl (C=O) groups excluding carboxylic acids is 2. The maximum Gasteiger partial charge on any atom is 0.163 e. The van der Waals surface area contributed by atoms with Crippen LogP contribution in [-0.2, 0) is 14.3 Å². The summed E-state index contributed by atoms with van der Waals surface area (Å²) in [6.07, 6.45) is 2.84. The fourth-order valence-corrected chi connectivity index (χ4v) is 2.46. The van der Waals surface area contributed by atoms with E-state index in [2.05, 4.69) is 4.90 Å². The highest BCUT2D eigenvalue weighted by Crippen LogP contribution is 2.34. The lowest BCUT2D eigenvalue weighted by molar-refractivity contribution is -0.136. The maximum absolute atomic E-state index is 12.0. The second-order valence-electron chi connectivity index (χ2n) is 5.13. The van der Waals surface area contributed by atoms with Crippen LogP contribution >= 0.6 is 0 Å². The molecule has 1 heterocycles. The van der Waals surface area contributed by atoms with E-state index in [1.165, 1.54) is 12.2 Å². The smallest absolute Gasteiger partial charge is 0.163 e. The quantitative estimate of drug-likeness (QED) is 0.708. The van der Waals surface area contributed by atoms with Crippen molar-refractivity contribution in [1.82, 2.24) is 4.90 Å². The summed E-state index contributed by atoms with van der Waals surface area (Å²) < 4.78 is 5.29. The van der Waals surface area contributed by atoms with E-state index in [0.717, 1.165) is 13.1 Å². The van der Waals surface area contributed by atoms with Gasteiger partial charge < -0.3 is 4.74 Å². The summed E-state index contributed by atoms with van der Waals surface area (Å²) in [6.45, 7) is 7.50. The Hall–Kier alpha value is -1.00. The van der Waals surface area contributed by atoms with Crippen LogP contribution in [-0.4, -0.2) is 49.3 Å². The second-order valence-corrected chi connectivity index (χ2v) is 5.13. The first-order chi connectivity index (χ1) is 8.04. The molecule has 1 aliphatic carbocycles. The Morgan fingerprint density at radius 1 is 1.35 bits per heavy atom. The normalized spacial score (nSPS) is 35.3. The van der Waals surface area contributed by atoms with E-state index < -0.39 is 5.41 Å². The lowest BCUT2D eigenvalue weighted by Gasteiger charge is -2.39. The molecule has 0 aromatic heterocycles. The molecule has 0 aromatic carbocycles. The van der Waals surface area contributed by atoms with E-state index in [0.29, 0.717) is 19.8 Å². The minimum absolute atomic E-state index is 0.0559. The van der Waals surface area contributed by atoms with Crippen molar-refractivity contribution in [2.75, 3.05) is 32.8 Å². The van der Waals surface area contributed by atoms with Gasteiger partial charge in [-0.25, -0.2) is 0 Å². The Bertz CT molecular complexity index is 358. The van der Waals surface area contributed by atoms with Crippen LogP contribution in [0, 0.1) is 11.3 Å². The molecule has 2 atom stereocenters. The lowest BCUT2D eigenvalue weighted by atomic mass is 9.69. The predicted octanol–water partition coefficient (Wildman–Crippen LogP) is 0.669. The summed E-state index contributed by atoms with van der Waals surface area (Å²) in [5.41, 5.74) is -0.580. The van der Waals surface area contributed by atoms with Crippen LogP contribution < -0.4 is 0 Å². The van der Waals surface area contributed by atoms with Gasteiger partial charge in [0, 0.05) is 25.6 Å². The number of rotatable bonds is 2. The number of ketones is 2. The van der Waals surface area contributed by atoms with Crippen molar-refractivity contribution >= 4 is 11.6 Å². The monoisotopic (exact) mass is 237 g/mol. The molecule has 0 bridgehead atoms. The number of hydrogen-bond acceptors (Lipinski definition) is 4. The van der Waals surface area contributed by atoms with Gasteiger partial charge in [0.15, 0.2) is 11.6 Å². The molecular formula is C13H19NO3. The Morgan fingerprint density at radius 3 is 2.65 bits per heavy atom. The third-order valence-corrected chi connectivity index (χ3v) is 4.00. The number of nitrogens with zero attached hydrogens (tertiary/aromatic N) is 1. The molecule has 2 rings (SSSR count). The Balaban J connectivity index is 2.13. The highest BCUT2D eigenvalue weighted by atomic mass is 16.5. The van der Waals surface area contributed by atoms with Crippen LogP contribution in [0.3, 0.4) is 0 Å². The fraction of sp³-hybridized carbons (Fsp3) is 0.692. The fourth-order valence-electron chi connectivity index (χ4n) is 2.46. The average molecular weight is 237 g/mol. The van der Waals surface area contributed by atoms with Crippen LogP contribution in [0.2, 0.25) is 0 Å². The van der Waals surface area contributed by atoms with Crippen LogP contribution in [0.25, 0.3) is 0 Å². The summed E-state index contributed by atoms with van der Waals surface area (Å²) in [4.78, 5) is 26.0. The number of ether oxygens (including phenoxy) is 1. The van der Waals surface area contributed by atoms with Crippen molar-refractivity contribution in [3.63, 3.8) is 0 Å². The SMILES string of the molecule is CC1C(=O)C=CC(=O)C1(C)CN1CCOCC1. The molecule has 2 unspecified atom stereocenters. The van der Waals surface area contributed by atoms with Gasteiger partial charge in [-0.05, 0) is 12.2 Å². The third-order valence-electron chi connectivity index (χ3n) is 4.00. The third kappa shape index (κ3) is 2.33. The van der Waals surface area contributed by atoms with E-state index in [1.54, 1.807) is 0 Å². The highest BCUT2D eigenvalue weighted by Gasteiger charge is 2.44. The minimum atomic E-state index is -0.580. The van der Waals surface area contributed by atoms with Crippen LogP contribution in [0.15, 0.2) is 12.2 Å². The van der Waals surface area contributed by atoms with Gasteiger partial charge in [0.05, 0.1) is 18.6 Å². The van der Waals surface area contributed by atoms with Gasteiger partial charge in [0.2, 0.25) is 0 Å². The first-order valence-electron chi connectivity index (χ1n) is 6.10. The molecule has 4 nitrogen and oxygen atoms in total. The molecule has 1 aliphatic heterocycles. The number of allylic oxidation sites excluding steroid dienone is 2. The second kappa shape index (κ2) is 4.70. The summed E-state index contributed by atoms with van der Waals surface area (Å²) in [7, 11) is 0. The van der Waals surface area contributed by atoms with Gasteiger partial charge in [-0.1, -0.05) is 13.8 Å². The highest BCUT2D eigenvalue weighted by molar-refractivity contribution is 6.09. The Kier molecular flexibility index (Phi) is 3.45. The van der Waals surface area contributed by atoms with Crippen LogP contribution in [0.5, 0.6) is 0 Å². The van der Waals surface area contributed by atoms with Crippen molar-refractivity contribution < 1.29 is 14.3 Å². The summed E-state index contributed by atoms with van der Waals surface area (Å²) >= 11 is 0. The molecule has 4 heteroatoms. The van der Waals surface area contributed by atoms with Crippen molar-refractivity contribution in [1.29, 1.82) is 0 Å². The van der Waals surface area contributed by atoms with E-state index in [1.807, 2.05) is 13.8 Å². The average Bonchev–Trinajstić information content (AvgIpc) is 2.34. The topological polar surface area (TPSA) is 46.6 Å². The zero-order chi connectivity index (χ0) is 12.5. The van der Waals surface area contributed by atoms with Crippen LogP contribution in [0.4, 0.5) is 0 Å². The largest absolute Gasteiger partial charge is 0.379 e. The molecule has 1 saturated heterocycles. The Morgan fingerprint density at radius 2 is 2.00 bits per heavy atom. The van der Waals surface area contributed by atoms with E-state index in [9.17, 15) is 9.59 Å². The molecule has 0 spiro atoms. The zero-order valence-corrected chi connectivity index (χ0v) is 10.4. The van der Waals surface area contributed by atoms with Crippen molar-refractivity contribution in [3.05, 3.63) is 12.2 Å². The lowest BCUT2D eigenvalue weighted by Crippen LogP contribution is -2.51. The molecule has 0 aromatic rings. The van der Waals surface area contributed by atoms with Gasteiger partial charge in [0.1, 0.15) is 0 Å². The molecule has 94 valence electrons. The summed E-state index contributed by atoms with van der Waals surface area (Å²) in [6, 6.07) is 0. The first kappa shape index (κ1) is 12.5. The van der Waals surface area contributed by atoms with Gasteiger partial charge in [-0.2, -0.15) is 0 Å². The van der Waals surface area contributed by atoms with Crippen molar-refractivity contribution in [3.8, 4) is 0 Å². The van der Waals surface area contributed by atoms with Crippen LogP contribution in [0.1, 0.15) is 13.8 Å². The van der Waals surface area contributed by atoms with Crippen molar-refractivity contribution in [2.24, 2.45) is 11.3 Å². The molecule has 2 aliphatic rings. The molecule has 0 radical (unpaired) electrons. The number of hydrogen-bond donors (Lipinski definition) is 0. The van der Waals surface area contributed by atoms with Crippen molar-refractivity contribution in [2.45, 2.75) is 13.8 Å². The summed E-state index contributed by atoms with van der Waals surface area (Å²) in [5.74, 6) is -0.112. The molecule has 0 saturated carbocycles. The molecule has 1 fully saturated rings. The number of morpholine rings is 1. The van der Waals surface area contributed by atoms with Gasteiger partial charge >= 0.3 is 0 Å². The van der Waals surface area contributed by atoms with Gasteiger partial charge in [-0.15, -0.1) is 0 Å². The standard InChI is InChI=1S/C13H19NO3/c1-10-11(15)3-4-12(16)13(10,2)9-14-5-7-17-8-6-14/h3-4,10H,5-9H2,1-2H3. The maximum atomic E-state index is 12.0. The molecule has 0 amide bonds. The predicted molar refractivity (Wildman–Crippen MR) is 63.7 cm³/mol. The number of carbonyl (C=O) groups is 2. The molecule has 17 heavy (non-hydrogen) atoms. The summed E-state index contributed by atoms with van der Waals surface area (Å²) in [5, 5.41) is 0. The van der Waals surface area contributed by atoms with Gasteiger partial charge in [-0.3, -0.25) is 14.5 Å². The van der Waals surface area contributed by atoms with E-state index in [-0.39, 0.29) is 17.5 Å². The minimum Gasteiger partial charge on any atom is -0.379 e.